The molecule has 1 aromatic carbocycles. The summed E-state index contributed by atoms with van der Waals surface area (Å²) in [5.74, 6) is 0.948. The summed E-state index contributed by atoms with van der Waals surface area (Å²) in [5, 5.41) is 11.4. The monoisotopic (exact) mass is 373 g/mol. The van der Waals surface area contributed by atoms with Crippen molar-refractivity contribution < 1.29 is 9.66 Å². The molecule has 24 heavy (non-hydrogen) atoms. The van der Waals surface area contributed by atoms with Gasteiger partial charge in [-0.25, -0.2) is 10.0 Å². The third-order valence-corrected chi connectivity index (χ3v) is 4.62. The summed E-state index contributed by atoms with van der Waals surface area (Å²) in [6, 6.07) is 7.09. The maximum Gasteiger partial charge on any atom is 0.279 e. The van der Waals surface area contributed by atoms with Gasteiger partial charge in [-0.2, -0.15) is 0 Å². The standard InChI is InChI=1S/C16H24ClN3O3S/c1-18-16(14-6-5-7-15(17)10-14)11-19(12-20(21)22)13-23-8-9-24(2,3)4/h5-7,10-11H,1,8-9,12-13H2,2-4H3/b16-11-. The van der Waals surface area contributed by atoms with E-state index in [9.17, 15) is 10.1 Å². The lowest BCUT2D eigenvalue weighted by atomic mass is 10.2. The third kappa shape index (κ3) is 8.33. The number of ether oxygens (including phenoxy) is 1. The Kier molecular flexibility index (Phi) is 8.24. The topological polar surface area (TPSA) is 68.0 Å². The first-order chi connectivity index (χ1) is 11.2. The highest BCUT2D eigenvalue weighted by molar-refractivity contribution is 8.32. The number of halogens is 1. The molecule has 0 saturated carbocycles. The second-order valence-electron chi connectivity index (χ2n) is 6.08. The van der Waals surface area contributed by atoms with E-state index >= 15 is 0 Å². The summed E-state index contributed by atoms with van der Waals surface area (Å²) < 4.78 is 5.59. The summed E-state index contributed by atoms with van der Waals surface area (Å²) in [6.07, 6.45) is 8.17. The van der Waals surface area contributed by atoms with Gasteiger partial charge in [0.05, 0.1) is 12.3 Å². The average Bonchev–Trinajstić information content (AvgIpc) is 2.47. The van der Waals surface area contributed by atoms with Gasteiger partial charge in [-0.15, -0.1) is 0 Å². The van der Waals surface area contributed by atoms with Crippen LogP contribution in [0.1, 0.15) is 5.56 Å². The van der Waals surface area contributed by atoms with Crippen molar-refractivity contribution in [2.45, 2.75) is 0 Å². The molecule has 0 aliphatic rings. The molecule has 0 spiro atoms. The summed E-state index contributed by atoms with van der Waals surface area (Å²) in [6.45, 7) is 3.85. The molecule has 0 aromatic heterocycles. The molecule has 6 nitrogen and oxygen atoms in total. The fourth-order valence-electron chi connectivity index (χ4n) is 1.79. The second-order valence-corrected chi connectivity index (χ2v) is 11.1. The molecule has 1 rings (SSSR count). The molecule has 0 amide bonds. The van der Waals surface area contributed by atoms with Crippen molar-refractivity contribution in [1.82, 2.24) is 4.90 Å². The van der Waals surface area contributed by atoms with E-state index in [1.54, 1.807) is 24.4 Å². The van der Waals surface area contributed by atoms with Crippen LogP contribution < -0.4 is 0 Å². The van der Waals surface area contributed by atoms with Crippen LogP contribution in [0.3, 0.4) is 0 Å². The lowest BCUT2D eigenvalue weighted by molar-refractivity contribution is -0.503. The van der Waals surface area contributed by atoms with Crippen molar-refractivity contribution in [3.8, 4) is 0 Å². The average molecular weight is 374 g/mol. The van der Waals surface area contributed by atoms with Gasteiger partial charge in [0.15, 0.2) is 0 Å². The molecule has 0 aliphatic carbocycles. The van der Waals surface area contributed by atoms with Crippen molar-refractivity contribution in [3.63, 3.8) is 0 Å². The van der Waals surface area contributed by atoms with Gasteiger partial charge in [0.2, 0.25) is 0 Å². The maximum atomic E-state index is 10.9. The molecule has 0 fully saturated rings. The summed E-state index contributed by atoms with van der Waals surface area (Å²) in [5.41, 5.74) is 1.24. The number of hydrogen-bond donors (Lipinski definition) is 0. The summed E-state index contributed by atoms with van der Waals surface area (Å²) >= 11 is 5.98. The zero-order valence-electron chi connectivity index (χ0n) is 14.3. The van der Waals surface area contributed by atoms with Gasteiger partial charge in [-0.3, -0.25) is 20.0 Å². The number of rotatable bonds is 10. The Morgan fingerprint density at radius 3 is 2.75 bits per heavy atom. The summed E-state index contributed by atoms with van der Waals surface area (Å²) in [4.78, 5) is 15.9. The predicted octanol–water partition coefficient (Wildman–Crippen LogP) is 3.54. The molecule has 0 radical (unpaired) electrons. The Morgan fingerprint density at radius 1 is 1.50 bits per heavy atom. The highest BCUT2D eigenvalue weighted by Gasteiger charge is 2.11. The van der Waals surface area contributed by atoms with Gasteiger partial charge in [0.25, 0.3) is 6.67 Å². The summed E-state index contributed by atoms with van der Waals surface area (Å²) in [7, 11) is -0.657. The highest BCUT2D eigenvalue weighted by Crippen LogP contribution is 2.33. The SMILES string of the molecule is C=N/C(=C\N(COCCS(C)(C)C)C[N+](=O)[O-])c1cccc(Cl)c1. The van der Waals surface area contributed by atoms with Gasteiger partial charge < -0.3 is 4.74 Å². The van der Waals surface area contributed by atoms with E-state index in [0.717, 1.165) is 11.3 Å². The van der Waals surface area contributed by atoms with Crippen LogP contribution in [0.2, 0.25) is 5.02 Å². The van der Waals surface area contributed by atoms with Gasteiger partial charge >= 0.3 is 0 Å². The first-order valence-electron chi connectivity index (χ1n) is 7.25. The van der Waals surface area contributed by atoms with Crippen LogP contribution >= 0.6 is 21.6 Å². The zero-order valence-corrected chi connectivity index (χ0v) is 15.8. The number of nitro groups is 1. The van der Waals surface area contributed by atoms with Gasteiger partial charge in [-0.05, 0) is 37.6 Å². The molecule has 0 saturated heterocycles. The van der Waals surface area contributed by atoms with E-state index in [4.69, 9.17) is 16.3 Å². The van der Waals surface area contributed by atoms with E-state index in [2.05, 4.69) is 30.5 Å². The molecule has 134 valence electrons. The Bertz CT molecular complexity index is 602. The van der Waals surface area contributed by atoms with Crippen molar-refractivity contribution in [1.29, 1.82) is 0 Å². The normalized spacial score (nSPS) is 12.8. The van der Waals surface area contributed by atoms with Crippen molar-refractivity contribution in [2.24, 2.45) is 4.99 Å². The minimum absolute atomic E-state index is 0.121. The van der Waals surface area contributed by atoms with E-state index in [-0.39, 0.29) is 13.4 Å². The first kappa shape index (κ1) is 20.5. The first-order valence-corrected chi connectivity index (χ1v) is 10.7. The number of aliphatic imine (C=N–C) groups is 1. The minimum Gasteiger partial charge on any atom is -0.360 e. The molecule has 0 atom stereocenters. The number of hydrogen-bond acceptors (Lipinski definition) is 5. The van der Waals surface area contributed by atoms with Crippen molar-refractivity contribution in [2.75, 3.05) is 44.5 Å². The van der Waals surface area contributed by atoms with Gasteiger partial charge in [0, 0.05) is 27.5 Å². The fraction of sp³-hybridized carbons (Fsp3) is 0.438. The van der Waals surface area contributed by atoms with Crippen LogP contribution in [0.4, 0.5) is 0 Å². The van der Waals surface area contributed by atoms with E-state index in [0.29, 0.717) is 17.3 Å². The van der Waals surface area contributed by atoms with Crippen LogP contribution in [-0.4, -0.2) is 61.1 Å². The lowest BCUT2D eigenvalue weighted by Crippen LogP contribution is -2.28. The Morgan fingerprint density at radius 2 is 2.21 bits per heavy atom. The van der Waals surface area contributed by atoms with E-state index < -0.39 is 15.0 Å². The van der Waals surface area contributed by atoms with E-state index in [1.807, 2.05) is 6.07 Å². The van der Waals surface area contributed by atoms with Crippen LogP contribution in [0.15, 0.2) is 35.5 Å². The molecule has 0 N–H and O–H groups in total. The third-order valence-electron chi connectivity index (χ3n) is 2.99. The Balaban J connectivity index is 2.81. The fourth-order valence-corrected chi connectivity index (χ4v) is 2.59. The molecule has 0 aliphatic heterocycles. The second kappa shape index (κ2) is 9.66. The van der Waals surface area contributed by atoms with Crippen LogP contribution in [0.25, 0.3) is 5.70 Å². The smallest absolute Gasteiger partial charge is 0.279 e. The van der Waals surface area contributed by atoms with Gasteiger partial charge in [0.1, 0.15) is 6.73 Å². The molecular weight excluding hydrogens is 350 g/mol. The van der Waals surface area contributed by atoms with Crippen LogP contribution in [-0.2, 0) is 4.74 Å². The lowest BCUT2D eigenvalue weighted by Gasteiger charge is -2.25. The zero-order chi connectivity index (χ0) is 18.2. The number of nitrogens with zero attached hydrogens (tertiary/aromatic N) is 3. The molecule has 1 aromatic rings. The maximum absolute atomic E-state index is 10.9. The predicted molar refractivity (Wildman–Crippen MR) is 104 cm³/mol. The molecule has 0 bridgehead atoms. The quantitative estimate of drug-likeness (QED) is 0.207. The molecule has 8 heteroatoms. The molecule has 0 heterocycles. The molecular formula is C16H24ClN3O3S. The Hall–Kier alpha value is -1.57. The van der Waals surface area contributed by atoms with Crippen LogP contribution in [0, 0.1) is 10.1 Å². The minimum atomic E-state index is -0.657. The van der Waals surface area contributed by atoms with Crippen molar-refractivity contribution >= 4 is 34.0 Å². The van der Waals surface area contributed by atoms with Crippen molar-refractivity contribution in [3.05, 3.63) is 51.2 Å². The number of benzene rings is 1. The van der Waals surface area contributed by atoms with Crippen LogP contribution in [0.5, 0.6) is 0 Å². The van der Waals surface area contributed by atoms with Gasteiger partial charge in [-0.1, -0.05) is 23.7 Å². The molecule has 0 unspecified atom stereocenters. The largest absolute Gasteiger partial charge is 0.360 e. The Labute approximate surface area is 149 Å². The van der Waals surface area contributed by atoms with E-state index in [1.165, 1.54) is 4.90 Å². The highest BCUT2D eigenvalue weighted by atomic mass is 35.5.